The zero-order valence-corrected chi connectivity index (χ0v) is 10.7. The number of hydrogen-bond donors (Lipinski definition) is 3. The lowest BCUT2D eigenvalue weighted by molar-refractivity contribution is 0.334. The molecule has 0 saturated carbocycles. The van der Waals surface area contributed by atoms with Crippen LogP contribution in [0, 0.1) is 0 Å². The number of para-hydroxylation sites is 1. The second-order valence-corrected chi connectivity index (χ2v) is 4.57. The van der Waals surface area contributed by atoms with Gasteiger partial charge in [0.05, 0.1) is 13.1 Å². The maximum Gasteiger partial charge on any atom is 0.666 e. The van der Waals surface area contributed by atoms with Crippen molar-refractivity contribution in [1.82, 2.24) is 22.3 Å². The second-order valence-electron chi connectivity index (χ2n) is 3.35. The highest BCUT2D eigenvalue weighted by atomic mass is 31.1. The van der Waals surface area contributed by atoms with Gasteiger partial charge in [0.15, 0.2) is 5.75 Å². The van der Waals surface area contributed by atoms with Crippen LogP contribution in [-0.4, -0.2) is 30.8 Å². The van der Waals surface area contributed by atoms with Gasteiger partial charge in [-0.05, 0) is 12.1 Å². The monoisotopic (exact) mass is 259 g/mol. The Bertz CT molecular complexity index is 330. The zero-order valence-electron chi connectivity index (χ0n) is 9.84. The van der Waals surface area contributed by atoms with Crippen LogP contribution < -0.4 is 22.1 Å². The number of rotatable bonds is 3. The van der Waals surface area contributed by atoms with E-state index in [1.807, 2.05) is 35.0 Å². The number of nitrogens with zero attached hydrogens (tertiary/aromatic N) is 1. The van der Waals surface area contributed by atoms with Crippen LogP contribution in [0.25, 0.3) is 0 Å². The van der Waals surface area contributed by atoms with Gasteiger partial charge in [0.1, 0.15) is 0 Å². The van der Waals surface area contributed by atoms with E-state index >= 15 is 0 Å². The molecule has 0 radical (unpaired) electrons. The second kappa shape index (κ2) is 8.11. The molecule has 0 aliphatic carbocycles. The predicted octanol–water partition coefficient (Wildman–Crippen LogP) is 1.95. The summed E-state index contributed by atoms with van der Waals surface area (Å²) in [6, 6.07) is 9.28. The van der Waals surface area contributed by atoms with E-state index in [0.717, 1.165) is 26.2 Å². The van der Waals surface area contributed by atoms with Crippen molar-refractivity contribution in [3.63, 3.8) is 0 Å². The van der Waals surface area contributed by atoms with Crippen molar-refractivity contribution in [2.24, 2.45) is 0 Å². The maximum absolute atomic E-state index is 11.8. The molecule has 0 bridgehead atoms. The maximum atomic E-state index is 11.8. The third kappa shape index (κ3) is 4.77. The van der Waals surface area contributed by atoms with E-state index in [1.165, 1.54) is 0 Å². The number of benzene rings is 1. The Morgan fingerprint density at radius 1 is 1.12 bits per heavy atom. The first-order valence-electron chi connectivity index (χ1n) is 5.02. The normalized spacial score (nSPS) is 16.4. The zero-order chi connectivity index (χ0) is 10.5. The van der Waals surface area contributed by atoms with E-state index in [9.17, 15) is 4.57 Å². The van der Waals surface area contributed by atoms with E-state index in [-0.39, 0.29) is 12.3 Å². The van der Waals surface area contributed by atoms with Crippen LogP contribution in [0.15, 0.2) is 30.3 Å². The minimum Gasteiger partial charge on any atom is -0.344 e. The molecular formula is C10H20N4O2P+. The van der Waals surface area contributed by atoms with Crippen LogP contribution in [0.3, 0.4) is 0 Å². The van der Waals surface area contributed by atoms with Gasteiger partial charge < -0.3 is 17.6 Å². The van der Waals surface area contributed by atoms with Crippen molar-refractivity contribution >= 4 is 8.18 Å². The van der Waals surface area contributed by atoms with Crippen molar-refractivity contribution in [2.75, 3.05) is 26.2 Å². The van der Waals surface area contributed by atoms with E-state index in [0.29, 0.717) is 5.75 Å². The molecule has 7 heteroatoms. The molecule has 7 N–H and O–H groups in total. The van der Waals surface area contributed by atoms with Crippen LogP contribution in [0.1, 0.15) is 0 Å². The van der Waals surface area contributed by atoms with Gasteiger partial charge in [0.2, 0.25) is 0 Å². The fraction of sp³-hybridized carbons (Fsp3) is 0.400. The minimum atomic E-state index is -1.73. The first-order valence-corrected chi connectivity index (χ1v) is 6.15. The fourth-order valence-corrected chi connectivity index (χ4v) is 2.39. The van der Waals surface area contributed by atoms with E-state index in [4.69, 9.17) is 4.52 Å². The van der Waals surface area contributed by atoms with Crippen molar-refractivity contribution in [1.29, 1.82) is 0 Å². The predicted molar refractivity (Wildman–Crippen MR) is 69.2 cm³/mol. The minimum absolute atomic E-state index is 0. The topological polar surface area (TPSA) is 112 Å². The Morgan fingerprint density at radius 3 is 2.29 bits per heavy atom. The molecule has 96 valence electrons. The summed E-state index contributed by atoms with van der Waals surface area (Å²) in [4.78, 5) is 0. The van der Waals surface area contributed by atoms with Gasteiger partial charge in [0.25, 0.3) is 0 Å². The highest BCUT2D eigenvalue weighted by molar-refractivity contribution is 7.36. The molecule has 1 atom stereocenters. The van der Waals surface area contributed by atoms with Gasteiger partial charge in [0, 0.05) is 17.7 Å². The Hall–Kier alpha value is -1.04. The smallest absolute Gasteiger partial charge is 0.344 e. The molecule has 1 fully saturated rings. The van der Waals surface area contributed by atoms with Gasteiger partial charge >= 0.3 is 8.18 Å². The molecule has 1 aromatic rings. The number of nitrogens with one attached hydrogen (secondary N) is 1. The Kier molecular flexibility index (Phi) is 7.61. The molecule has 0 amide bonds. The molecule has 1 aromatic carbocycles. The molecule has 1 saturated heterocycles. The van der Waals surface area contributed by atoms with Crippen LogP contribution in [0.2, 0.25) is 0 Å². The van der Waals surface area contributed by atoms with Crippen molar-refractivity contribution in [3.05, 3.63) is 30.3 Å². The van der Waals surface area contributed by atoms with Crippen LogP contribution in [0.4, 0.5) is 0 Å². The molecule has 0 aromatic heterocycles. The summed E-state index contributed by atoms with van der Waals surface area (Å²) in [6.07, 6.45) is 0. The highest BCUT2D eigenvalue weighted by Crippen LogP contribution is 2.30. The van der Waals surface area contributed by atoms with Crippen molar-refractivity contribution in [2.45, 2.75) is 0 Å². The summed E-state index contributed by atoms with van der Waals surface area (Å²) in [5, 5.41) is 3.21. The summed E-state index contributed by atoms with van der Waals surface area (Å²) in [7, 11) is -1.73. The third-order valence-electron chi connectivity index (χ3n) is 2.25. The highest BCUT2D eigenvalue weighted by Gasteiger charge is 2.32. The van der Waals surface area contributed by atoms with Gasteiger partial charge in [-0.1, -0.05) is 22.9 Å². The van der Waals surface area contributed by atoms with Gasteiger partial charge in [-0.3, -0.25) is 0 Å². The molecule has 0 spiro atoms. The van der Waals surface area contributed by atoms with Crippen LogP contribution in [0.5, 0.6) is 5.75 Å². The summed E-state index contributed by atoms with van der Waals surface area (Å²) in [6.45, 7) is 3.31. The van der Waals surface area contributed by atoms with Crippen LogP contribution >= 0.6 is 8.18 Å². The summed E-state index contributed by atoms with van der Waals surface area (Å²) in [5.74, 6) is 0.664. The molecule has 1 unspecified atom stereocenters. The standard InChI is InChI=1S/C10H14N2O2P.2H3N/c13-15(12-8-6-11-7-9-12)14-10-4-2-1-3-5-10;;/h1-5,11H,6-9H2;2*1H3/q+1;;. The largest absolute Gasteiger partial charge is 0.666 e. The first kappa shape index (κ1) is 16.0. The van der Waals surface area contributed by atoms with E-state index in [2.05, 4.69) is 5.32 Å². The Morgan fingerprint density at radius 2 is 1.71 bits per heavy atom. The van der Waals surface area contributed by atoms with E-state index < -0.39 is 8.18 Å². The quantitative estimate of drug-likeness (QED) is 0.715. The van der Waals surface area contributed by atoms with Crippen LogP contribution in [-0.2, 0) is 4.57 Å². The average molecular weight is 259 g/mol. The summed E-state index contributed by atoms with van der Waals surface area (Å²) in [5.41, 5.74) is 0. The van der Waals surface area contributed by atoms with Crippen molar-refractivity contribution in [3.8, 4) is 5.75 Å². The lowest BCUT2D eigenvalue weighted by atomic mass is 10.3. The lowest BCUT2D eigenvalue weighted by Crippen LogP contribution is -2.40. The lowest BCUT2D eigenvalue weighted by Gasteiger charge is -2.16. The summed E-state index contributed by atoms with van der Waals surface area (Å²) < 4.78 is 19.0. The summed E-state index contributed by atoms with van der Waals surface area (Å²) >= 11 is 0. The molecule has 1 aliphatic rings. The van der Waals surface area contributed by atoms with Gasteiger partial charge in [-0.15, -0.1) is 0 Å². The van der Waals surface area contributed by atoms with Gasteiger partial charge in [-0.25, -0.2) is 4.52 Å². The third-order valence-corrected chi connectivity index (χ3v) is 3.48. The number of piperazine rings is 1. The number of hydrogen-bond acceptors (Lipinski definition) is 5. The average Bonchev–Trinajstić information content (AvgIpc) is 2.31. The Labute approximate surface area is 102 Å². The van der Waals surface area contributed by atoms with Crippen molar-refractivity contribution < 1.29 is 9.09 Å². The molecule has 1 heterocycles. The molecule has 17 heavy (non-hydrogen) atoms. The molecule has 1 aliphatic heterocycles. The SMILES string of the molecule is N.N.O=[P+](Oc1ccccc1)N1CCNCC1. The Balaban J connectivity index is 0.00000128. The molecule has 2 rings (SSSR count). The first-order chi connectivity index (χ1) is 7.36. The van der Waals surface area contributed by atoms with E-state index in [1.54, 1.807) is 0 Å². The fourth-order valence-electron chi connectivity index (χ4n) is 1.45. The molecular weight excluding hydrogens is 239 g/mol. The van der Waals surface area contributed by atoms with Gasteiger partial charge in [-0.2, -0.15) is 0 Å². The molecule has 6 nitrogen and oxygen atoms in total.